The highest BCUT2D eigenvalue weighted by molar-refractivity contribution is 7.80. The quantitative estimate of drug-likeness (QED) is 0.354. The molecular weight excluding hydrogens is 474 g/mol. The molecule has 4 rings (SSSR count). The summed E-state index contributed by atoms with van der Waals surface area (Å²) >= 11 is 5.84. The number of rotatable bonds is 8. The van der Waals surface area contributed by atoms with Gasteiger partial charge in [-0.05, 0) is 51.5 Å². The van der Waals surface area contributed by atoms with Crippen LogP contribution in [0.2, 0.25) is 0 Å². The van der Waals surface area contributed by atoms with Crippen molar-refractivity contribution in [2.45, 2.75) is 45.8 Å². The van der Waals surface area contributed by atoms with Crippen molar-refractivity contribution in [2.24, 2.45) is 0 Å². The van der Waals surface area contributed by atoms with Gasteiger partial charge in [-0.1, -0.05) is 30.4 Å². The third kappa shape index (κ3) is 5.91. The van der Waals surface area contributed by atoms with Gasteiger partial charge in [0.25, 0.3) is 5.91 Å². The Morgan fingerprint density at radius 1 is 1.22 bits per heavy atom. The summed E-state index contributed by atoms with van der Waals surface area (Å²) in [4.78, 5) is 38.3. The molecule has 1 amide bonds. The molecule has 3 heterocycles. The van der Waals surface area contributed by atoms with Crippen molar-refractivity contribution in [1.29, 1.82) is 0 Å². The average molecular weight is 508 g/mol. The van der Waals surface area contributed by atoms with Crippen LogP contribution in [0.3, 0.4) is 0 Å². The molecule has 3 aromatic rings. The molecule has 2 aromatic heterocycles. The maximum absolute atomic E-state index is 13.2. The second-order valence-corrected chi connectivity index (χ2v) is 9.62. The molecule has 0 spiro atoms. The van der Waals surface area contributed by atoms with E-state index in [9.17, 15) is 9.59 Å². The summed E-state index contributed by atoms with van der Waals surface area (Å²) in [5.74, 6) is -0.538. The van der Waals surface area contributed by atoms with Gasteiger partial charge in [0.05, 0.1) is 22.9 Å². The molecule has 1 aliphatic rings. The predicted octanol–water partition coefficient (Wildman–Crippen LogP) is 3.78. The van der Waals surface area contributed by atoms with Crippen molar-refractivity contribution in [3.05, 3.63) is 65.6 Å². The fourth-order valence-electron chi connectivity index (χ4n) is 4.52. The Morgan fingerprint density at radius 3 is 2.78 bits per heavy atom. The van der Waals surface area contributed by atoms with Crippen molar-refractivity contribution >= 4 is 40.0 Å². The third-order valence-electron chi connectivity index (χ3n) is 6.50. The maximum Gasteiger partial charge on any atom is 0.339 e. The number of hydrogen-bond donors (Lipinski definition) is 2. The number of nitrogens with one attached hydrogen (secondary N) is 2. The summed E-state index contributed by atoms with van der Waals surface area (Å²) in [5.41, 5.74) is 2.58. The maximum atomic E-state index is 13.2. The van der Waals surface area contributed by atoms with Crippen LogP contribution in [0.4, 0.5) is 0 Å². The Morgan fingerprint density at radius 2 is 2.03 bits per heavy atom. The SMILES string of the molecule is CCOC(=O)c1cccnc1CCC(=S)N1CCN(C(C)C)CC1NC(=O)c1cc2ccccc2[nH]1. The van der Waals surface area contributed by atoms with Gasteiger partial charge >= 0.3 is 5.97 Å². The van der Waals surface area contributed by atoms with Crippen molar-refractivity contribution < 1.29 is 14.3 Å². The lowest BCUT2D eigenvalue weighted by Gasteiger charge is -2.44. The van der Waals surface area contributed by atoms with Gasteiger partial charge < -0.3 is 19.9 Å². The first kappa shape index (κ1) is 25.8. The van der Waals surface area contributed by atoms with Crippen LogP contribution in [0.1, 0.15) is 53.7 Å². The van der Waals surface area contributed by atoms with E-state index in [0.717, 1.165) is 22.4 Å². The number of fused-ring (bicyclic) bond motifs is 1. The van der Waals surface area contributed by atoms with Gasteiger partial charge in [0.1, 0.15) is 11.9 Å². The molecule has 0 bridgehead atoms. The number of amides is 1. The molecule has 1 atom stereocenters. The summed E-state index contributed by atoms with van der Waals surface area (Å²) in [5, 5.41) is 4.19. The van der Waals surface area contributed by atoms with Gasteiger partial charge in [0, 0.05) is 49.2 Å². The van der Waals surface area contributed by atoms with E-state index in [2.05, 4.69) is 38.9 Å². The highest BCUT2D eigenvalue weighted by Gasteiger charge is 2.31. The summed E-state index contributed by atoms with van der Waals surface area (Å²) in [6.07, 6.45) is 2.47. The Labute approximate surface area is 217 Å². The van der Waals surface area contributed by atoms with E-state index < -0.39 is 0 Å². The minimum atomic E-state index is -0.374. The zero-order chi connectivity index (χ0) is 25.7. The number of thiocarbonyl (C=S) groups is 1. The number of para-hydroxylation sites is 1. The van der Waals surface area contributed by atoms with Gasteiger partial charge in [0.15, 0.2) is 0 Å². The Hall–Kier alpha value is -3.30. The second kappa shape index (κ2) is 11.6. The van der Waals surface area contributed by atoms with E-state index in [1.165, 1.54) is 0 Å². The lowest BCUT2D eigenvalue weighted by molar-refractivity contribution is 0.0524. The van der Waals surface area contributed by atoms with Crippen LogP contribution in [-0.2, 0) is 11.2 Å². The van der Waals surface area contributed by atoms with Gasteiger partial charge in [-0.15, -0.1) is 0 Å². The van der Waals surface area contributed by atoms with E-state index in [0.29, 0.717) is 55.5 Å². The molecule has 1 saturated heterocycles. The number of benzene rings is 1. The van der Waals surface area contributed by atoms with Crippen molar-refractivity contribution in [2.75, 3.05) is 26.2 Å². The number of ether oxygens (including phenoxy) is 1. The smallest absolute Gasteiger partial charge is 0.339 e. The largest absolute Gasteiger partial charge is 0.462 e. The molecule has 0 radical (unpaired) electrons. The molecule has 190 valence electrons. The van der Waals surface area contributed by atoms with Gasteiger partial charge in [-0.3, -0.25) is 14.7 Å². The van der Waals surface area contributed by atoms with Crippen molar-refractivity contribution in [3.8, 4) is 0 Å². The van der Waals surface area contributed by atoms with Crippen LogP contribution < -0.4 is 5.32 Å². The van der Waals surface area contributed by atoms with E-state index in [-0.39, 0.29) is 18.0 Å². The zero-order valence-corrected chi connectivity index (χ0v) is 21.8. The molecule has 1 aliphatic heterocycles. The predicted molar refractivity (Wildman–Crippen MR) is 144 cm³/mol. The van der Waals surface area contributed by atoms with Crippen LogP contribution >= 0.6 is 12.2 Å². The molecule has 8 nitrogen and oxygen atoms in total. The number of nitrogens with zero attached hydrogens (tertiary/aromatic N) is 3. The highest BCUT2D eigenvalue weighted by Crippen LogP contribution is 2.18. The first-order valence-electron chi connectivity index (χ1n) is 12.4. The Bertz CT molecular complexity index is 1210. The van der Waals surface area contributed by atoms with Gasteiger partial charge in [-0.25, -0.2) is 4.79 Å². The number of hydrogen-bond acceptors (Lipinski definition) is 6. The van der Waals surface area contributed by atoms with Crippen molar-refractivity contribution in [3.63, 3.8) is 0 Å². The fraction of sp³-hybridized carbons (Fsp3) is 0.407. The lowest BCUT2D eigenvalue weighted by atomic mass is 10.1. The van der Waals surface area contributed by atoms with E-state index >= 15 is 0 Å². The van der Waals surface area contributed by atoms with E-state index in [1.807, 2.05) is 30.3 Å². The summed E-state index contributed by atoms with van der Waals surface area (Å²) in [6, 6.07) is 13.5. The van der Waals surface area contributed by atoms with Crippen LogP contribution in [0.25, 0.3) is 10.9 Å². The zero-order valence-electron chi connectivity index (χ0n) is 21.0. The number of carbonyl (C=O) groups is 2. The molecule has 1 unspecified atom stereocenters. The molecule has 0 aliphatic carbocycles. The van der Waals surface area contributed by atoms with Crippen molar-refractivity contribution in [1.82, 2.24) is 25.1 Å². The number of pyridine rings is 1. The van der Waals surface area contributed by atoms with Crippen LogP contribution in [-0.4, -0.2) is 75.1 Å². The second-order valence-electron chi connectivity index (χ2n) is 9.15. The molecule has 2 N–H and O–H groups in total. The number of aryl methyl sites for hydroxylation is 1. The molecule has 9 heteroatoms. The topological polar surface area (TPSA) is 90.6 Å². The lowest BCUT2D eigenvalue weighted by Crippen LogP contribution is -2.62. The summed E-state index contributed by atoms with van der Waals surface area (Å²) in [7, 11) is 0. The van der Waals surface area contributed by atoms with E-state index in [1.54, 1.807) is 25.3 Å². The minimum absolute atomic E-state index is 0.163. The minimum Gasteiger partial charge on any atom is -0.462 e. The third-order valence-corrected chi connectivity index (χ3v) is 6.93. The van der Waals surface area contributed by atoms with Crippen LogP contribution in [0.5, 0.6) is 0 Å². The first-order chi connectivity index (χ1) is 17.4. The van der Waals surface area contributed by atoms with Crippen LogP contribution in [0.15, 0.2) is 48.7 Å². The number of aromatic amines is 1. The Kier molecular flexibility index (Phi) is 8.32. The number of aromatic nitrogens is 2. The standard InChI is InChI=1S/C27H33N5O3S/c1-4-35-27(34)20-9-7-13-28-22(20)11-12-25(36)32-15-14-31(18(2)3)17-24(32)30-26(33)23-16-19-8-5-6-10-21(19)29-23/h5-10,13,16,18,24,29H,4,11-12,14-15,17H2,1-3H3,(H,30,33). The van der Waals surface area contributed by atoms with Gasteiger partial charge in [-0.2, -0.15) is 0 Å². The Balaban J connectivity index is 1.47. The number of carbonyl (C=O) groups excluding carboxylic acids is 2. The first-order valence-corrected chi connectivity index (χ1v) is 12.8. The summed E-state index contributed by atoms with van der Waals surface area (Å²) in [6.45, 7) is 8.63. The monoisotopic (exact) mass is 507 g/mol. The number of piperazine rings is 1. The molecule has 1 aromatic carbocycles. The number of esters is 1. The molecule has 36 heavy (non-hydrogen) atoms. The average Bonchev–Trinajstić information content (AvgIpc) is 3.32. The normalized spacial score (nSPS) is 16.3. The molecule has 1 fully saturated rings. The number of H-pyrrole nitrogens is 1. The molecular formula is C27H33N5O3S. The molecule has 0 saturated carbocycles. The highest BCUT2D eigenvalue weighted by atomic mass is 32.1. The fourth-order valence-corrected chi connectivity index (χ4v) is 4.84. The summed E-state index contributed by atoms with van der Waals surface area (Å²) < 4.78 is 5.17. The van der Waals surface area contributed by atoms with Gasteiger partial charge in [0.2, 0.25) is 0 Å². The van der Waals surface area contributed by atoms with E-state index in [4.69, 9.17) is 17.0 Å². The van der Waals surface area contributed by atoms with Crippen LogP contribution in [0, 0.1) is 0 Å².